The first kappa shape index (κ1) is 35.3. The molecule has 12 aromatic rings. The molecule has 0 saturated heterocycles. The minimum Gasteiger partial charge on any atom is -0.437 e. The molecule has 0 saturated carbocycles. The summed E-state index contributed by atoms with van der Waals surface area (Å²) in [5.74, 6) is 0. The van der Waals surface area contributed by atoms with Crippen molar-refractivity contribution in [3.05, 3.63) is 224 Å². The molecule has 0 fully saturated rings. The van der Waals surface area contributed by atoms with Crippen LogP contribution in [-0.4, -0.2) is 15.0 Å². The highest BCUT2D eigenvalue weighted by Gasteiger charge is 2.26. The molecule has 9 aromatic carbocycles. The minimum absolute atomic E-state index is 0.312. The van der Waals surface area contributed by atoms with Crippen LogP contribution in [0, 0.1) is 6.85 Å². The molecule has 0 unspecified atom stereocenters. The zero-order valence-corrected chi connectivity index (χ0v) is 36.5. The zero-order chi connectivity index (χ0) is 47.4. The van der Waals surface area contributed by atoms with E-state index >= 15 is 0 Å². The van der Waals surface area contributed by atoms with E-state index in [2.05, 4.69) is 186 Å². The summed E-state index contributed by atoms with van der Waals surface area (Å²) in [5.41, 5.74) is 23.6. The molecule has 2 aliphatic rings. The number of hydrogen-bond donors (Lipinski definition) is 0. The van der Waals surface area contributed by atoms with Gasteiger partial charge in [-0.3, -0.25) is 4.98 Å². The van der Waals surface area contributed by atoms with E-state index in [1.807, 2.05) is 30.5 Å². The Bertz CT molecular complexity index is 4180. The van der Waals surface area contributed by atoms with Crippen LogP contribution >= 0.6 is 0 Å². The first-order valence-corrected chi connectivity index (χ1v) is 22.9. The zero-order valence-electron chi connectivity index (χ0n) is 39.5. The van der Waals surface area contributed by atoms with Gasteiger partial charge in [-0.05, 0) is 137 Å². The van der Waals surface area contributed by atoms with Gasteiger partial charge in [-0.2, -0.15) is 0 Å². The van der Waals surface area contributed by atoms with Crippen molar-refractivity contribution in [1.82, 2.24) is 15.0 Å². The number of rotatable bonds is 3. The number of nitrogens with zero attached hydrogens (tertiary/aromatic N) is 3. The number of fused-ring (bicyclic) bond motifs is 19. The largest absolute Gasteiger partial charge is 0.437 e. The van der Waals surface area contributed by atoms with Crippen molar-refractivity contribution in [3.8, 4) is 123 Å². The fourth-order valence-corrected chi connectivity index (χ4v) is 10.9. The van der Waals surface area contributed by atoms with Gasteiger partial charge >= 0.3 is 0 Å². The molecule has 0 N–H and O–H groups in total. The van der Waals surface area contributed by atoms with E-state index in [1.165, 1.54) is 6.33 Å². The Balaban J connectivity index is 0.960. The quantitative estimate of drug-likeness (QED) is 0.177. The van der Waals surface area contributed by atoms with Gasteiger partial charge in [0.1, 0.15) is 11.9 Å². The predicted molar refractivity (Wildman–Crippen MR) is 279 cm³/mol. The Labute approximate surface area is 397 Å². The highest BCUT2D eigenvalue weighted by molar-refractivity contribution is 6.10. The van der Waals surface area contributed by atoms with Crippen LogP contribution in [0.5, 0.6) is 0 Å². The number of aromatic nitrogens is 3. The van der Waals surface area contributed by atoms with Gasteiger partial charge in [0.15, 0.2) is 0 Å². The summed E-state index contributed by atoms with van der Waals surface area (Å²) in [6.07, 6.45) is 5.17. The molecule has 2 aliphatic carbocycles. The molecule has 0 amide bonds. The Kier molecular flexibility index (Phi) is 7.80. The van der Waals surface area contributed by atoms with Crippen LogP contribution in [-0.2, 0) is 0 Å². The molecule has 3 heterocycles. The van der Waals surface area contributed by atoms with E-state index in [0.29, 0.717) is 22.4 Å². The summed E-state index contributed by atoms with van der Waals surface area (Å²) in [6, 6.07) is 69.8. The average Bonchev–Trinajstić information content (AvgIpc) is 3.81. The lowest BCUT2D eigenvalue weighted by Gasteiger charge is -2.24. The fraction of sp³-hybridized carbons (Fsp3) is 0.0156. The molecular weight excluding hydrogens is 827 g/mol. The Morgan fingerprint density at radius 1 is 0.353 bits per heavy atom. The van der Waals surface area contributed by atoms with Gasteiger partial charge in [-0.25, -0.2) is 9.97 Å². The van der Waals surface area contributed by atoms with Crippen LogP contribution < -0.4 is 0 Å². The van der Waals surface area contributed by atoms with Gasteiger partial charge in [-0.15, -0.1) is 0 Å². The summed E-state index contributed by atoms with van der Waals surface area (Å²) < 4.78 is 34.1. The predicted octanol–water partition coefficient (Wildman–Crippen LogP) is 17.0. The number of pyridine rings is 1. The number of furan rings is 1. The Morgan fingerprint density at radius 2 is 0.779 bits per heavy atom. The molecule has 316 valence electrons. The third-order valence-corrected chi connectivity index (χ3v) is 14.0. The highest BCUT2D eigenvalue weighted by atomic mass is 16.3. The maximum absolute atomic E-state index is 9.23. The van der Waals surface area contributed by atoms with E-state index in [1.54, 1.807) is 6.20 Å². The molecule has 0 aliphatic heterocycles. The highest BCUT2D eigenvalue weighted by Crippen LogP contribution is 2.52. The maximum atomic E-state index is 9.23. The van der Waals surface area contributed by atoms with Crippen molar-refractivity contribution in [3.63, 3.8) is 0 Å². The molecule has 3 aromatic heterocycles. The van der Waals surface area contributed by atoms with E-state index in [0.717, 1.165) is 128 Å². The molecule has 4 heteroatoms. The van der Waals surface area contributed by atoms with E-state index < -0.39 is 6.85 Å². The van der Waals surface area contributed by atoms with Crippen molar-refractivity contribution in [2.75, 3.05) is 0 Å². The van der Waals surface area contributed by atoms with Crippen LogP contribution in [0.1, 0.15) is 9.68 Å². The SMILES string of the molecule is [2H]C([2H])([2H])c1c(-c2ccc3c(c2)-c2ccccc2-c2ccccc2-c2cc(-c4cccc5c4oc4ncncc45)ccc2-3)cccc1-c1ccc2c(c1)-c1ccccc1-c1ccccc1-c1ncccc1-2. The number of benzene rings is 9. The molecule has 4 nitrogen and oxygen atoms in total. The fourth-order valence-electron chi connectivity index (χ4n) is 10.9. The van der Waals surface area contributed by atoms with Crippen LogP contribution in [0.2, 0.25) is 0 Å². The first-order chi connectivity index (χ1) is 34.9. The first-order valence-electron chi connectivity index (χ1n) is 24.4. The number of para-hydroxylation sites is 1. The minimum atomic E-state index is -2.46. The van der Waals surface area contributed by atoms with Crippen molar-refractivity contribution < 1.29 is 8.53 Å². The maximum Gasteiger partial charge on any atom is 0.230 e. The second-order valence-electron chi connectivity index (χ2n) is 17.6. The topological polar surface area (TPSA) is 51.8 Å². The van der Waals surface area contributed by atoms with E-state index in [-0.39, 0.29) is 0 Å². The van der Waals surface area contributed by atoms with Crippen molar-refractivity contribution >= 4 is 22.1 Å². The normalized spacial score (nSPS) is 12.7. The van der Waals surface area contributed by atoms with Gasteiger partial charge in [0.2, 0.25) is 5.71 Å². The third kappa shape index (κ3) is 5.77. The van der Waals surface area contributed by atoms with Crippen molar-refractivity contribution in [2.24, 2.45) is 0 Å². The van der Waals surface area contributed by atoms with Crippen LogP contribution in [0.4, 0.5) is 0 Å². The van der Waals surface area contributed by atoms with Gasteiger partial charge in [0.05, 0.1) is 11.1 Å². The molecule has 0 atom stereocenters. The van der Waals surface area contributed by atoms with Crippen LogP contribution in [0.3, 0.4) is 0 Å². The van der Waals surface area contributed by atoms with E-state index in [9.17, 15) is 4.11 Å². The Hall–Kier alpha value is -8.99. The molecule has 68 heavy (non-hydrogen) atoms. The summed E-state index contributed by atoms with van der Waals surface area (Å²) >= 11 is 0. The lowest BCUT2D eigenvalue weighted by atomic mass is 9.79. The smallest absolute Gasteiger partial charge is 0.230 e. The van der Waals surface area contributed by atoms with Gasteiger partial charge in [-0.1, -0.05) is 176 Å². The summed E-state index contributed by atoms with van der Waals surface area (Å²) in [7, 11) is 0. The molecule has 0 bridgehead atoms. The van der Waals surface area contributed by atoms with Gasteiger partial charge in [0.25, 0.3) is 0 Å². The molecular formula is C64H39N3O. The third-order valence-electron chi connectivity index (χ3n) is 14.0. The second-order valence-corrected chi connectivity index (χ2v) is 17.6. The van der Waals surface area contributed by atoms with Crippen LogP contribution in [0.15, 0.2) is 223 Å². The Morgan fingerprint density at radius 3 is 1.34 bits per heavy atom. The summed E-state index contributed by atoms with van der Waals surface area (Å²) in [4.78, 5) is 13.6. The standard InChI is InChI=1S/C64H39N3O/c1-38-42(21-10-22-43(38)40-27-31-54-56-25-12-32-66-62(56)55-20-9-8-16-48(55)47-15-4-7-19-51(47)60(54)34-40)39-26-29-52-53-30-28-41(44-23-11-24-57-61-36-65-37-67-64(61)68-63(44)57)35-59(53)50-18-6-3-14-46(50)45-13-2-5-17-49(45)58(52)33-39/h2-37H,1H3/i1D3. The van der Waals surface area contributed by atoms with Crippen molar-refractivity contribution in [2.45, 2.75) is 6.85 Å². The van der Waals surface area contributed by atoms with Crippen molar-refractivity contribution in [1.29, 1.82) is 0 Å². The molecule has 0 spiro atoms. The van der Waals surface area contributed by atoms with Gasteiger partial charge < -0.3 is 4.42 Å². The van der Waals surface area contributed by atoms with E-state index in [4.69, 9.17) is 9.40 Å². The summed E-state index contributed by atoms with van der Waals surface area (Å²) in [5, 5.41) is 1.85. The summed E-state index contributed by atoms with van der Waals surface area (Å²) in [6.45, 7) is -2.46. The lowest BCUT2D eigenvalue weighted by Crippen LogP contribution is -1.99. The number of hydrogen-bond acceptors (Lipinski definition) is 4. The van der Waals surface area contributed by atoms with Gasteiger partial charge in [0, 0.05) is 38.6 Å². The molecule has 14 rings (SSSR count). The monoisotopic (exact) mass is 868 g/mol. The molecule has 0 radical (unpaired) electrons. The second kappa shape index (κ2) is 15.0. The lowest BCUT2D eigenvalue weighted by molar-refractivity contribution is 0.654. The average molecular weight is 869 g/mol. The van der Waals surface area contributed by atoms with Crippen LogP contribution in [0.25, 0.3) is 145 Å².